The van der Waals surface area contributed by atoms with Crippen LogP contribution in [0.15, 0.2) is 48.5 Å². The van der Waals surface area contributed by atoms with E-state index in [1.54, 1.807) is 24.3 Å². The molecule has 0 amide bonds. The van der Waals surface area contributed by atoms with Crippen LogP contribution in [0.3, 0.4) is 0 Å². The number of hydrogen-bond donors (Lipinski definition) is 2. The summed E-state index contributed by atoms with van der Waals surface area (Å²) in [6.07, 6.45) is -5.84. The molecule has 106 valence electrons. The van der Waals surface area contributed by atoms with Crippen LogP contribution in [-0.2, 0) is 0 Å². The zero-order valence-electron chi connectivity index (χ0n) is 10.3. The van der Waals surface area contributed by atoms with Crippen molar-refractivity contribution in [3.63, 3.8) is 0 Å². The second-order valence-electron chi connectivity index (χ2n) is 4.19. The van der Waals surface area contributed by atoms with Gasteiger partial charge in [0.2, 0.25) is 0 Å². The number of nitrogen functional groups attached to an aromatic ring is 1. The molecule has 3 nitrogen and oxygen atoms in total. The van der Waals surface area contributed by atoms with Crippen LogP contribution in [0.5, 0.6) is 5.75 Å². The normalized spacial score (nSPS) is 13.0. The Morgan fingerprint density at radius 2 is 1.60 bits per heavy atom. The van der Waals surface area contributed by atoms with Crippen LogP contribution in [-0.4, -0.2) is 11.5 Å². The number of aliphatic hydroxyl groups excluding tert-OH is 1. The van der Waals surface area contributed by atoms with Crippen LogP contribution < -0.4 is 10.5 Å². The van der Waals surface area contributed by atoms with Gasteiger partial charge in [-0.15, -0.1) is 13.2 Å². The highest BCUT2D eigenvalue weighted by molar-refractivity contribution is 5.44. The van der Waals surface area contributed by atoms with E-state index in [4.69, 9.17) is 5.73 Å². The number of halogens is 3. The lowest BCUT2D eigenvalue weighted by Crippen LogP contribution is -2.17. The average Bonchev–Trinajstić information content (AvgIpc) is 2.36. The van der Waals surface area contributed by atoms with Crippen molar-refractivity contribution in [1.82, 2.24) is 0 Å². The highest BCUT2D eigenvalue weighted by Crippen LogP contribution is 2.28. The van der Waals surface area contributed by atoms with Gasteiger partial charge in [-0.25, -0.2) is 0 Å². The van der Waals surface area contributed by atoms with E-state index in [0.29, 0.717) is 11.3 Å². The maximum Gasteiger partial charge on any atom is 0.573 e. The summed E-state index contributed by atoms with van der Waals surface area (Å²) in [5.74, 6) is -0.377. The molecule has 2 aromatic rings. The number of benzene rings is 2. The molecular formula is C14H12F3NO2. The number of ether oxygens (including phenoxy) is 1. The second kappa shape index (κ2) is 5.42. The summed E-state index contributed by atoms with van der Waals surface area (Å²) in [6, 6.07) is 11.7. The van der Waals surface area contributed by atoms with E-state index in [2.05, 4.69) is 4.74 Å². The average molecular weight is 283 g/mol. The van der Waals surface area contributed by atoms with Crippen molar-refractivity contribution in [3.05, 3.63) is 59.7 Å². The van der Waals surface area contributed by atoms with Crippen molar-refractivity contribution >= 4 is 5.69 Å². The Morgan fingerprint density at radius 1 is 1.00 bits per heavy atom. The van der Waals surface area contributed by atoms with E-state index < -0.39 is 12.5 Å². The minimum atomic E-state index is -4.76. The molecule has 2 aromatic carbocycles. The highest BCUT2D eigenvalue weighted by Gasteiger charge is 2.31. The SMILES string of the molecule is Nc1cccc(C(O)c2cccc(OC(F)(F)F)c2)c1. The van der Waals surface area contributed by atoms with Crippen molar-refractivity contribution in [2.45, 2.75) is 12.5 Å². The fourth-order valence-corrected chi connectivity index (χ4v) is 1.80. The highest BCUT2D eigenvalue weighted by atomic mass is 19.4. The number of nitrogens with two attached hydrogens (primary N) is 1. The van der Waals surface area contributed by atoms with Gasteiger partial charge in [0, 0.05) is 5.69 Å². The molecule has 0 aliphatic heterocycles. The lowest BCUT2D eigenvalue weighted by Gasteiger charge is -2.14. The molecule has 6 heteroatoms. The lowest BCUT2D eigenvalue weighted by atomic mass is 10.0. The maximum atomic E-state index is 12.1. The van der Waals surface area contributed by atoms with Gasteiger partial charge < -0.3 is 15.6 Å². The van der Waals surface area contributed by atoms with Crippen molar-refractivity contribution in [2.24, 2.45) is 0 Å². The zero-order chi connectivity index (χ0) is 14.8. The third-order valence-electron chi connectivity index (χ3n) is 2.63. The molecule has 0 spiro atoms. The third-order valence-corrected chi connectivity index (χ3v) is 2.63. The predicted molar refractivity (Wildman–Crippen MR) is 68.0 cm³/mol. The Morgan fingerprint density at radius 3 is 2.20 bits per heavy atom. The molecule has 20 heavy (non-hydrogen) atoms. The number of rotatable bonds is 3. The van der Waals surface area contributed by atoms with Gasteiger partial charge in [-0.05, 0) is 35.4 Å². The van der Waals surface area contributed by atoms with Crippen LogP contribution in [0.1, 0.15) is 17.2 Å². The molecule has 0 fully saturated rings. The summed E-state index contributed by atoms with van der Waals surface area (Å²) in [4.78, 5) is 0. The second-order valence-corrected chi connectivity index (χ2v) is 4.19. The van der Waals surface area contributed by atoms with Gasteiger partial charge in [0.25, 0.3) is 0 Å². The first-order valence-electron chi connectivity index (χ1n) is 5.74. The van der Waals surface area contributed by atoms with Gasteiger partial charge >= 0.3 is 6.36 Å². The van der Waals surface area contributed by atoms with E-state index in [1.807, 2.05) is 0 Å². The van der Waals surface area contributed by atoms with E-state index in [1.165, 1.54) is 18.2 Å². The molecule has 0 bridgehead atoms. The predicted octanol–water partition coefficient (Wildman–Crippen LogP) is 3.25. The van der Waals surface area contributed by atoms with Crippen molar-refractivity contribution < 1.29 is 23.0 Å². The van der Waals surface area contributed by atoms with Crippen LogP contribution in [0.2, 0.25) is 0 Å². The summed E-state index contributed by atoms with van der Waals surface area (Å²) in [5, 5.41) is 10.1. The summed E-state index contributed by atoms with van der Waals surface area (Å²) in [6.45, 7) is 0. The first kappa shape index (κ1) is 14.2. The Bertz CT molecular complexity index is 599. The monoisotopic (exact) mass is 283 g/mol. The molecular weight excluding hydrogens is 271 g/mol. The summed E-state index contributed by atoms with van der Waals surface area (Å²) in [5.41, 5.74) is 6.85. The van der Waals surface area contributed by atoms with Gasteiger partial charge in [-0.2, -0.15) is 0 Å². The molecule has 0 radical (unpaired) electrons. The standard InChI is InChI=1S/C14H12F3NO2/c15-14(16,17)20-12-6-2-4-10(8-12)13(19)9-3-1-5-11(18)7-9/h1-8,13,19H,18H2. The molecule has 1 atom stereocenters. The maximum absolute atomic E-state index is 12.1. The molecule has 2 rings (SSSR count). The molecule has 0 aromatic heterocycles. The Kier molecular flexibility index (Phi) is 3.85. The molecule has 3 N–H and O–H groups in total. The number of hydrogen-bond acceptors (Lipinski definition) is 3. The molecule has 1 unspecified atom stereocenters. The van der Waals surface area contributed by atoms with E-state index in [0.717, 1.165) is 6.07 Å². The van der Waals surface area contributed by atoms with Gasteiger partial charge in [0.05, 0.1) is 0 Å². The van der Waals surface area contributed by atoms with Gasteiger partial charge in [0.1, 0.15) is 11.9 Å². The minimum absolute atomic E-state index is 0.289. The van der Waals surface area contributed by atoms with E-state index in [-0.39, 0.29) is 11.3 Å². The first-order chi connectivity index (χ1) is 9.35. The van der Waals surface area contributed by atoms with Crippen molar-refractivity contribution in [2.75, 3.05) is 5.73 Å². The molecule has 0 aliphatic carbocycles. The molecule has 0 aliphatic rings. The van der Waals surface area contributed by atoms with E-state index in [9.17, 15) is 18.3 Å². The summed E-state index contributed by atoms with van der Waals surface area (Å²) in [7, 11) is 0. The van der Waals surface area contributed by atoms with Crippen LogP contribution in [0.25, 0.3) is 0 Å². The largest absolute Gasteiger partial charge is 0.573 e. The Balaban J connectivity index is 2.26. The smallest absolute Gasteiger partial charge is 0.406 e. The number of aliphatic hydroxyl groups is 1. The van der Waals surface area contributed by atoms with Crippen LogP contribution in [0.4, 0.5) is 18.9 Å². The van der Waals surface area contributed by atoms with Gasteiger partial charge in [-0.1, -0.05) is 24.3 Å². The Hall–Kier alpha value is -2.21. The fraction of sp³-hybridized carbons (Fsp3) is 0.143. The van der Waals surface area contributed by atoms with Crippen LogP contribution in [0, 0.1) is 0 Å². The lowest BCUT2D eigenvalue weighted by molar-refractivity contribution is -0.274. The first-order valence-corrected chi connectivity index (χ1v) is 5.74. The number of alkyl halides is 3. The Labute approximate surface area is 113 Å². The number of anilines is 1. The van der Waals surface area contributed by atoms with E-state index >= 15 is 0 Å². The summed E-state index contributed by atoms with van der Waals surface area (Å²) >= 11 is 0. The molecule has 0 heterocycles. The topological polar surface area (TPSA) is 55.5 Å². The van der Waals surface area contributed by atoms with Gasteiger partial charge in [-0.3, -0.25) is 0 Å². The quantitative estimate of drug-likeness (QED) is 0.850. The van der Waals surface area contributed by atoms with Crippen molar-refractivity contribution in [3.8, 4) is 5.75 Å². The summed E-state index contributed by atoms with van der Waals surface area (Å²) < 4.78 is 40.3. The van der Waals surface area contributed by atoms with Gasteiger partial charge in [0.15, 0.2) is 0 Å². The molecule has 0 saturated carbocycles. The fourth-order valence-electron chi connectivity index (χ4n) is 1.80. The minimum Gasteiger partial charge on any atom is -0.406 e. The molecule has 0 saturated heterocycles. The van der Waals surface area contributed by atoms with Crippen LogP contribution >= 0.6 is 0 Å². The van der Waals surface area contributed by atoms with Crippen molar-refractivity contribution in [1.29, 1.82) is 0 Å². The third kappa shape index (κ3) is 3.64. The zero-order valence-corrected chi connectivity index (χ0v) is 10.3.